The Morgan fingerprint density at radius 3 is 2.68 bits per heavy atom. The summed E-state index contributed by atoms with van der Waals surface area (Å²) in [5.74, 6) is 0.557. The van der Waals surface area contributed by atoms with Gasteiger partial charge in [-0.1, -0.05) is 43.2 Å². The molecule has 1 aliphatic carbocycles. The lowest BCUT2D eigenvalue weighted by Gasteiger charge is -2.32. The lowest BCUT2D eigenvalue weighted by molar-refractivity contribution is -0.142. The van der Waals surface area contributed by atoms with E-state index in [0.717, 1.165) is 19.4 Å². The summed E-state index contributed by atoms with van der Waals surface area (Å²) in [5.41, 5.74) is 0.701. The molecule has 0 spiro atoms. The van der Waals surface area contributed by atoms with E-state index in [0.29, 0.717) is 17.5 Å². The molecule has 3 atom stereocenters. The van der Waals surface area contributed by atoms with Gasteiger partial charge in [-0.2, -0.15) is 0 Å². The Morgan fingerprint density at radius 1 is 1.16 bits per heavy atom. The van der Waals surface area contributed by atoms with Gasteiger partial charge in [0, 0.05) is 12.6 Å². The fourth-order valence-corrected chi connectivity index (χ4v) is 3.61. The largest absolute Gasteiger partial charge is 0.378 e. The first-order chi connectivity index (χ1) is 9.27. The number of nitrogens with zero attached hydrogens (tertiary/aromatic N) is 1. The molecule has 1 N–H and O–H groups in total. The second kappa shape index (κ2) is 5.33. The number of carbonyl (C=O) groups excluding carboxylic acids is 1. The van der Waals surface area contributed by atoms with Gasteiger partial charge in [-0.3, -0.25) is 4.79 Å². The number of fused-ring (bicyclic) bond motifs is 1. The first kappa shape index (κ1) is 12.7. The van der Waals surface area contributed by atoms with Gasteiger partial charge in [0.1, 0.15) is 0 Å². The number of rotatable bonds is 2. The molecule has 1 aliphatic heterocycles. The maximum atomic E-state index is 12.5. The van der Waals surface area contributed by atoms with Crippen LogP contribution in [0.25, 0.3) is 0 Å². The van der Waals surface area contributed by atoms with Crippen LogP contribution in [0.1, 0.15) is 43.8 Å². The number of benzene rings is 1. The Hall–Kier alpha value is -1.35. The van der Waals surface area contributed by atoms with Crippen LogP contribution < -0.4 is 0 Å². The Bertz CT molecular complexity index is 445. The molecule has 102 valence electrons. The van der Waals surface area contributed by atoms with Crippen molar-refractivity contribution in [3.8, 4) is 0 Å². The highest BCUT2D eigenvalue weighted by Crippen LogP contribution is 2.37. The van der Waals surface area contributed by atoms with Gasteiger partial charge < -0.3 is 10.0 Å². The van der Waals surface area contributed by atoms with Crippen LogP contribution in [0.3, 0.4) is 0 Å². The van der Waals surface area contributed by atoms with E-state index in [4.69, 9.17) is 0 Å². The predicted molar refractivity (Wildman–Crippen MR) is 73.5 cm³/mol. The van der Waals surface area contributed by atoms with E-state index >= 15 is 0 Å². The summed E-state index contributed by atoms with van der Waals surface area (Å²) in [5, 5.41) is 10.2. The molecule has 19 heavy (non-hydrogen) atoms. The van der Waals surface area contributed by atoms with Gasteiger partial charge in [0.25, 0.3) is 5.91 Å². The zero-order valence-corrected chi connectivity index (χ0v) is 11.2. The molecule has 1 saturated carbocycles. The summed E-state index contributed by atoms with van der Waals surface area (Å²) >= 11 is 0. The van der Waals surface area contributed by atoms with Crippen LogP contribution in [-0.2, 0) is 4.79 Å². The molecular formula is C16H21NO2. The first-order valence-corrected chi connectivity index (χ1v) is 7.31. The predicted octanol–water partition coefficient (Wildman–Crippen LogP) is 2.51. The van der Waals surface area contributed by atoms with Crippen LogP contribution in [0.15, 0.2) is 30.3 Å². The molecule has 0 bridgehead atoms. The van der Waals surface area contributed by atoms with Crippen molar-refractivity contribution in [1.29, 1.82) is 0 Å². The maximum Gasteiger partial charge on any atom is 0.256 e. The van der Waals surface area contributed by atoms with Crippen molar-refractivity contribution in [3.05, 3.63) is 35.9 Å². The molecule has 3 unspecified atom stereocenters. The van der Waals surface area contributed by atoms with Gasteiger partial charge in [0.2, 0.25) is 0 Å². The van der Waals surface area contributed by atoms with Gasteiger partial charge in [-0.15, -0.1) is 0 Å². The minimum Gasteiger partial charge on any atom is -0.378 e. The van der Waals surface area contributed by atoms with Gasteiger partial charge in [0.05, 0.1) is 0 Å². The second-order valence-corrected chi connectivity index (χ2v) is 5.75. The normalized spacial score (nSPS) is 27.9. The van der Waals surface area contributed by atoms with Gasteiger partial charge in [0.15, 0.2) is 6.10 Å². The highest BCUT2D eigenvalue weighted by Gasteiger charge is 2.40. The van der Waals surface area contributed by atoms with Gasteiger partial charge in [-0.25, -0.2) is 0 Å². The number of hydrogen-bond acceptors (Lipinski definition) is 2. The van der Waals surface area contributed by atoms with E-state index in [1.54, 1.807) is 0 Å². The third-order valence-corrected chi connectivity index (χ3v) is 4.64. The standard InChI is InChI=1S/C16H21NO2/c18-15(13-7-2-1-3-8-13)16(19)17-11-10-12-6-4-5-9-14(12)17/h1-3,7-8,12,14-15,18H,4-6,9-11H2. The average Bonchev–Trinajstić information content (AvgIpc) is 2.90. The van der Waals surface area contributed by atoms with Crippen LogP contribution in [0, 0.1) is 5.92 Å². The van der Waals surface area contributed by atoms with Crippen LogP contribution in [0.4, 0.5) is 0 Å². The molecular weight excluding hydrogens is 238 g/mol. The van der Waals surface area contributed by atoms with Gasteiger partial charge >= 0.3 is 0 Å². The Labute approximate surface area is 114 Å². The third kappa shape index (κ3) is 2.39. The smallest absolute Gasteiger partial charge is 0.256 e. The van der Waals surface area contributed by atoms with E-state index in [1.165, 1.54) is 19.3 Å². The van der Waals surface area contributed by atoms with Gasteiger partial charge in [-0.05, 0) is 30.7 Å². The Kier molecular flexibility index (Phi) is 3.56. The SMILES string of the molecule is O=C(C(O)c1ccccc1)N1CCC2CCCCC21. The minimum atomic E-state index is -0.998. The quantitative estimate of drug-likeness (QED) is 0.886. The Morgan fingerprint density at radius 2 is 1.89 bits per heavy atom. The van der Waals surface area contributed by atoms with Crippen molar-refractivity contribution in [2.45, 2.75) is 44.2 Å². The van der Waals surface area contributed by atoms with E-state index in [2.05, 4.69) is 0 Å². The van der Waals surface area contributed by atoms with Crippen molar-refractivity contribution < 1.29 is 9.90 Å². The fraction of sp³-hybridized carbons (Fsp3) is 0.562. The summed E-state index contributed by atoms with van der Waals surface area (Å²) in [6, 6.07) is 9.62. The van der Waals surface area contributed by atoms with Crippen molar-refractivity contribution in [2.24, 2.45) is 5.92 Å². The molecule has 1 amide bonds. The Balaban J connectivity index is 1.73. The molecule has 1 heterocycles. The second-order valence-electron chi connectivity index (χ2n) is 5.75. The maximum absolute atomic E-state index is 12.5. The topological polar surface area (TPSA) is 40.5 Å². The number of likely N-dealkylation sites (tertiary alicyclic amines) is 1. The van der Waals surface area contributed by atoms with E-state index in [-0.39, 0.29) is 5.91 Å². The zero-order valence-electron chi connectivity index (χ0n) is 11.2. The average molecular weight is 259 g/mol. The molecule has 3 rings (SSSR count). The van der Waals surface area contributed by atoms with Crippen molar-refractivity contribution in [2.75, 3.05) is 6.54 Å². The molecule has 3 nitrogen and oxygen atoms in total. The summed E-state index contributed by atoms with van der Waals surface area (Å²) in [6.07, 6.45) is 4.98. The molecule has 1 aromatic rings. The molecule has 1 aromatic carbocycles. The summed E-state index contributed by atoms with van der Waals surface area (Å²) in [7, 11) is 0. The molecule has 2 aliphatic rings. The van der Waals surface area contributed by atoms with Crippen molar-refractivity contribution >= 4 is 5.91 Å². The summed E-state index contributed by atoms with van der Waals surface area (Å²) < 4.78 is 0. The fourth-order valence-electron chi connectivity index (χ4n) is 3.61. The highest BCUT2D eigenvalue weighted by atomic mass is 16.3. The van der Waals surface area contributed by atoms with Crippen molar-refractivity contribution in [1.82, 2.24) is 4.90 Å². The zero-order chi connectivity index (χ0) is 13.2. The minimum absolute atomic E-state index is 0.111. The van der Waals surface area contributed by atoms with E-state index in [9.17, 15) is 9.90 Å². The summed E-state index contributed by atoms with van der Waals surface area (Å²) in [4.78, 5) is 14.4. The van der Waals surface area contributed by atoms with Crippen LogP contribution in [-0.4, -0.2) is 28.5 Å². The number of hydrogen-bond donors (Lipinski definition) is 1. The third-order valence-electron chi connectivity index (χ3n) is 4.64. The van der Waals surface area contributed by atoms with E-state index in [1.807, 2.05) is 35.2 Å². The number of carbonyl (C=O) groups is 1. The van der Waals surface area contributed by atoms with Crippen LogP contribution >= 0.6 is 0 Å². The molecule has 3 heteroatoms. The van der Waals surface area contributed by atoms with Crippen LogP contribution in [0.5, 0.6) is 0 Å². The molecule has 0 aromatic heterocycles. The number of aliphatic hydroxyl groups excluding tert-OH is 1. The first-order valence-electron chi connectivity index (χ1n) is 7.31. The molecule has 0 radical (unpaired) electrons. The molecule has 2 fully saturated rings. The number of aliphatic hydroxyl groups is 1. The highest BCUT2D eigenvalue weighted by molar-refractivity contribution is 5.82. The monoisotopic (exact) mass is 259 g/mol. The lowest BCUT2D eigenvalue weighted by Crippen LogP contribution is -2.41. The molecule has 1 saturated heterocycles. The summed E-state index contributed by atoms with van der Waals surface area (Å²) in [6.45, 7) is 0.818. The van der Waals surface area contributed by atoms with E-state index < -0.39 is 6.10 Å². The number of amides is 1. The van der Waals surface area contributed by atoms with Crippen LogP contribution in [0.2, 0.25) is 0 Å². The lowest BCUT2D eigenvalue weighted by atomic mass is 9.85. The van der Waals surface area contributed by atoms with Crippen molar-refractivity contribution in [3.63, 3.8) is 0 Å².